The summed E-state index contributed by atoms with van der Waals surface area (Å²) in [6.45, 7) is 4.06. The van der Waals surface area contributed by atoms with Gasteiger partial charge >= 0.3 is 0 Å². The summed E-state index contributed by atoms with van der Waals surface area (Å²) >= 11 is 0. The van der Waals surface area contributed by atoms with Crippen LogP contribution in [0.5, 0.6) is 11.5 Å². The minimum atomic E-state index is 0. The Bertz CT molecular complexity index is 981. The summed E-state index contributed by atoms with van der Waals surface area (Å²) in [6, 6.07) is 17.8. The third-order valence-corrected chi connectivity index (χ3v) is 4.28. The maximum atomic E-state index is 5.35. The summed E-state index contributed by atoms with van der Waals surface area (Å²) < 4.78 is 10.6. The van der Waals surface area contributed by atoms with Crippen molar-refractivity contribution in [3.05, 3.63) is 54.6 Å². The van der Waals surface area contributed by atoms with Crippen LogP contribution in [-0.4, -0.2) is 44.8 Å². The number of aromatic nitrogens is 1. The molecule has 3 N–H and O–H groups in total. The van der Waals surface area contributed by atoms with Crippen LogP contribution in [0.25, 0.3) is 10.9 Å². The van der Waals surface area contributed by atoms with Gasteiger partial charge in [0.2, 0.25) is 0 Å². The van der Waals surface area contributed by atoms with Crippen LogP contribution in [0.4, 0.5) is 11.5 Å². The minimum absolute atomic E-state index is 0. The fraction of sp³-hybridized carbons (Fsp3) is 0.273. The van der Waals surface area contributed by atoms with Gasteiger partial charge in [0.05, 0.1) is 26.3 Å². The van der Waals surface area contributed by atoms with Gasteiger partial charge in [-0.1, -0.05) is 18.2 Å². The highest BCUT2D eigenvalue weighted by molar-refractivity contribution is 14.0. The number of guanidine groups is 1. The van der Waals surface area contributed by atoms with Gasteiger partial charge in [0.15, 0.2) is 17.5 Å². The normalized spacial score (nSPS) is 10.8. The molecule has 0 aliphatic rings. The van der Waals surface area contributed by atoms with Crippen molar-refractivity contribution in [2.45, 2.75) is 6.92 Å². The number of nitrogens with one attached hydrogen (secondary N) is 3. The molecule has 0 aliphatic heterocycles. The van der Waals surface area contributed by atoms with E-state index >= 15 is 0 Å². The van der Waals surface area contributed by atoms with Crippen LogP contribution in [0.3, 0.4) is 0 Å². The summed E-state index contributed by atoms with van der Waals surface area (Å²) in [5, 5.41) is 11.0. The van der Waals surface area contributed by atoms with Crippen molar-refractivity contribution in [3.8, 4) is 11.5 Å². The third-order valence-electron chi connectivity index (χ3n) is 4.28. The molecule has 2 aromatic carbocycles. The molecule has 1 heterocycles. The minimum Gasteiger partial charge on any atom is -0.493 e. The highest BCUT2D eigenvalue weighted by Gasteiger charge is 2.06. The number of fused-ring (bicyclic) bond motifs is 1. The van der Waals surface area contributed by atoms with E-state index in [9.17, 15) is 0 Å². The standard InChI is InChI=1S/C22H27N5O2.HI/c1-4-23-22(26-17-10-11-19(28-2)20(15-17)29-3)25-14-13-24-21-12-9-16-7-5-6-8-18(16)27-21;/h5-12,15H,4,13-14H2,1-3H3,(H,24,27)(H2,23,25,26);1H. The lowest BCUT2D eigenvalue weighted by Gasteiger charge is -2.14. The lowest BCUT2D eigenvalue weighted by Crippen LogP contribution is -2.31. The quantitative estimate of drug-likeness (QED) is 0.177. The zero-order valence-corrected chi connectivity index (χ0v) is 19.8. The lowest BCUT2D eigenvalue weighted by molar-refractivity contribution is 0.355. The van der Waals surface area contributed by atoms with Gasteiger partial charge in [-0.2, -0.15) is 0 Å². The number of para-hydroxylation sites is 1. The van der Waals surface area contributed by atoms with E-state index in [0.717, 1.165) is 29.0 Å². The Hall–Kier alpha value is -2.75. The number of benzene rings is 2. The van der Waals surface area contributed by atoms with Gasteiger partial charge in [0.1, 0.15) is 5.82 Å². The maximum Gasteiger partial charge on any atom is 0.195 e. The molecular weight excluding hydrogens is 493 g/mol. The molecule has 30 heavy (non-hydrogen) atoms. The molecular formula is C22H28IN5O2. The molecule has 0 radical (unpaired) electrons. The van der Waals surface area contributed by atoms with E-state index in [2.05, 4.69) is 38.1 Å². The third kappa shape index (κ3) is 6.38. The van der Waals surface area contributed by atoms with Crippen LogP contribution >= 0.6 is 24.0 Å². The molecule has 7 nitrogen and oxygen atoms in total. The second kappa shape index (κ2) is 12.1. The highest BCUT2D eigenvalue weighted by Crippen LogP contribution is 2.29. The van der Waals surface area contributed by atoms with Gasteiger partial charge in [-0.05, 0) is 37.3 Å². The number of pyridine rings is 1. The molecule has 0 unspecified atom stereocenters. The van der Waals surface area contributed by atoms with Crippen LogP contribution in [0.1, 0.15) is 6.92 Å². The second-order valence-corrected chi connectivity index (χ2v) is 6.27. The van der Waals surface area contributed by atoms with Crippen LogP contribution < -0.4 is 25.4 Å². The SMILES string of the molecule is CCNC(=NCCNc1ccc2ccccc2n1)Nc1ccc(OC)c(OC)c1.I. The summed E-state index contributed by atoms with van der Waals surface area (Å²) in [4.78, 5) is 9.23. The van der Waals surface area contributed by atoms with Gasteiger partial charge < -0.3 is 25.4 Å². The topological polar surface area (TPSA) is 79.8 Å². The average molecular weight is 521 g/mol. The van der Waals surface area contributed by atoms with Crippen LogP contribution in [0.2, 0.25) is 0 Å². The Morgan fingerprint density at radius 2 is 1.80 bits per heavy atom. The van der Waals surface area contributed by atoms with Crippen molar-refractivity contribution in [1.82, 2.24) is 10.3 Å². The van der Waals surface area contributed by atoms with E-state index in [1.165, 1.54) is 0 Å². The molecule has 0 spiro atoms. The second-order valence-electron chi connectivity index (χ2n) is 6.27. The van der Waals surface area contributed by atoms with Crippen molar-refractivity contribution in [1.29, 1.82) is 0 Å². The zero-order valence-electron chi connectivity index (χ0n) is 17.4. The summed E-state index contributed by atoms with van der Waals surface area (Å²) in [5.74, 6) is 2.90. The molecule has 8 heteroatoms. The Morgan fingerprint density at radius 3 is 2.57 bits per heavy atom. The number of aliphatic imine (C=N–C) groups is 1. The number of ether oxygens (including phenoxy) is 2. The van der Waals surface area contributed by atoms with Crippen LogP contribution in [-0.2, 0) is 0 Å². The van der Waals surface area contributed by atoms with Crippen molar-refractivity contribution in [2.24, 2.45) is 4.99 Å². The predicted molar refractivity (Wildman–Crippen MR) is 135 cm³/mol. The van der Waals surface area contributed by atoms with Gasteiger partial charge in [0, 0.05) is 30.2 Å². The van der Waals surface area contributed by atoms with E-state index in [1.807, 2.05) is 49.4 Å². The largest absolute Gasteiger partial charge is 0.493 e. The molecule has 0 saturated heterocycles. The Kier molecular flexibility index (Phi) is 9.46. The summed E-state index contributed by atoms with van der Waals surface area (Å²) in [5.41, 5.74) is 1.84. The molecule has 0 fully saturated rings. The van der Waals surface area contributed by atoms with Crippen molar-refractivity contribution in [3.63, 3.8) is 0 Å². The molecule has 0 bridgehead atoms. The Labute approximate surface area is 194 Å². The van der Waals surface area contributed by atoms with E-state index in [1.54, 1.807) is 14.2 Å². The van der Waals surface area contributed by atoms with Crippen molar-refractivity contribution < 1.29 is 9.47 Å². The molecule has 0 amide bonds. The Morgan fingerprint density at radius 1 is 1.00 bits per heavy atom. The lowest BCUT2D eigenvalue weighted by atomic mass is 10.2. The monoisotopic (exact) mass is 521 g/mol. The molecule has 3 rings (SSSR count). The molecule has 3 aromatic rings. The van der Waals surface area contributed by atoms with Gasteiger partial charge in [-0.3, -0.25) is 4.99 Å². The number of hydrogen-bond donors (Lipinski definition) is 3. The molecule has 1 aromatic heterocycles. The number of anilines is 2. The number of rotatable bonds is 8. The fourth-order valence-corrected chi connectivity index (χ4v) is 2.87. The van der Waals surface area contributed by atoms with Gasteiger partial charge in [-0.25, -0.2) is 4.98 Å². The van der Waals surface area contributed by atoms with E-state index in [0.29, 0.717) is 30.5 Å². The summed E-state index contributed by atoms with van der Waals surface area (Å²) in [7, 11) is 3.24. The number of nitrogens with zero attached hydrogens (tertiary/aromatic N) is 2. The van der Waals surface area contributed by atoms with E-state index in [-0.39, 0.29) is 24.0 Å². The molecule has 160 valence electrons. The van der Waals surface area contributed by atoms with E-state index < -0.39 is 0 Å². The molecule has 0 aliphatic carbocycles. The zero-order chi connectivity index (χ0) is 20.5. The summed E-state index contributed by atoms with van der Waals surface area (Å²) in [6.07, 6.45) is 0. The molecule has 0 atom stereocenters. The number of methoxy groups -OCH3 is 2. The average Bonchev–Trinajstić information content (AvgIpc) is 2.76. The first kappa shape index (κ1) is 23.5. The first-order valence-electron chi connectivity index (χ1n) is 9.60. The maximum absolute atomic E-state index is 5.35. The first-order valence-corrected chi connectivity index (χ1v) is 9.60. The van der Waals surface area contributed by atoms with E-state index in [4.69, 9.17) is 9.47 Å². The van der Waals surface area contributed by atoms with Gasteiger partial charge in [0.25, 0.3) is 0 Å². The number of halogens is 1. The van der Waals surface area contributed by atoms with Gasteiger partial charge in [-0.15, -0.1) is 24.0 Å². The first-order chi connectivity index (χ1) is 14.2. The number of hydrogen-bond acceptors (Lipinski definition) is 5. The van der Waals surface area contributed by atoms with Crippen molar-refractivity contribution >= 4 is 52.3 Å². The molecule has 0 saturated carbocycles. The predicted octanol–water partition coefficient (Wildman–Crippen LogP) is 4.36. The Balaban J connectivity index is 0.00000320. The van der Waals surface area contributed by atoms with Crippen LogP contribution in [0, 0.1) is 0 Å². The highest BCUT2D eigenvalue weighted by atomic mass is 127. The fourth-order valence-electron chi connectivity index (χ4n) is 2.87. The van der Waals surface area contributed by atoms with Crippen LogP contribution in [0.15, 0.2) is 59.6 Å². The smallest absolute Gasteiger partial charge is 0.195 e. The van der Waals surface area contributed by atoms with Crippen molar-refractivity contribution in [2.75, 3.05) is 44.5 Å².